The Kier molecular flexibility index (Phi) is 4.52. The number of hydrogen-bond acceptors (Lipinski definition) is 3. The molecule has 1 fully saturated rings. The summed E-state index contributed by atoms with van der Waals surface area (Å²) >= 11 is 4.99. The third-order valence-electron chi connectivity index (χ3n) is 2.97. The number of likely N-dealkylation sites (N-methyl/N-ethyl adjacent to an activating group) is 1. The average Bonchev–Trinajstić information content (AvgIpc) is 2.86. The van der Waals surface area contributed by atoms with Gasteiger partial charge in [-0.3, -0.25) is 9.59 Å². The van der Waals surface area contributed by atoms with E-state index in [9.17, 15) is 9.59 Å². The highest BCUT2D eigenvalue weighted by molar-refractivity contribution is 9.10. The van der Waals surface area contributed by atoms with Crippen molar-refractivity contribution < 1.29 is 9.59 Å². The van der Waals surface area contributed by atoms with Crippen molar-refractivity contribution in [1.82, 2.24) is 9.80 Å². The Labute approximate surface area is 125 Å². The van der Waals surface area contributed by atoms with Crippen molar-refractivity contribution in [2.45, 2.75) is 6.04 Å². The van der Waals surface area contributed by atoms with Crippen LogP contribution in [0, 0.1) is 0 Å². The minimum absolute atomic E-state index is 0.0228. The summed E-state index contributed by atoms with van der Waals surface area (Å²) in [4.78, 5) is 27.8. The number of benzene rings is 1. The second kappa shape index (κ2) is 5.96. The molecule has 1 atom stereocenters. The van der Waals surface area contributed by atoms with Crippen molar-refractivity contribution in [1.29, 1.82) is 0 Å². The monoisotopic (exact) mass is 342 g/mol. The molecule has 1 heterocycles. The lowest BCUT2D eigenvalue weighted by Gasteiger charge is -2.25. The summed E-state index contributed by atoms with van der Waals surface area (Å²) in [6.07, 6.45) is 0. The highest BCUT2D eigenvalue weighted by Gasteiger charge is 2.36. The minimum Gasteiger partial charge on any atom is -0.347 e. The van der Waals surface area contributed by atoms with Crippen LogP contribution in [0.25, 0.3) is 0 Å². The largest absolute Gasteiger partial charge is 0.347 e. The van der Waals surface area contributed by atoms with Crippen molar-refractivity contribution in [3.8, 4) is 0 Å². The molecule has 0 saturated carbocycles. The van der Waals surface area contributed by atoms with Gasteiger partial charge in [0.25, 0.3) is 5.91 Å². The highest BCUT2D eigenvalue weighted by Crippen LogP contribution is 2.26. The van der Waals surface area contributed by atoms with Crippen LogP contribution in [-0.2, 0) is 4.79 Å². The Hall–Kier alpha value is -1.01. The van der Waals surface area contributed by atoms with Gasteiger partial charge in [0.05, 0.1) is 11.4 Å². The molecule has 1 unspecified atom stereocenters. The van der Waals surface area contributed by atoms with Crippen LogP contribution in [0.15, 0.2) is 28.7 Å². The summed E-state index contributed by atoms with van der Waals surface area (Å²) in [5.74, 6) is 1.10. The molecule has 19 heavy (non-hydrogen) atoms. The van der Waals surface area contributed by atoms with E-state index in [1.807, 2.05) is 18.2 Å². The third kappa shape index (κ3) is 2.95. The number of thioether (sulfide) groups is 1. The molecular formula is C13H15BrN2O2S. The smallest absolute Gasteiger partial charge is 0.256 e. The molecular weight excluding hydrogens is 328 g/mol. The molecule has 0 aromatic heterocycles. The van der Waals surface area contributed by atoms with Crippen molar-refractivity contribution in [2.75, 3.05) is 25.7 Å². The van der Waals surface area contributed by atoms with Gasteiger partial charge in [-0.25, -0.2) is 0 Å². The van der Waals surface area contributed by atoms with Crippen molar-refractivity contribution in [3.63, 3.8) is 0 Å². The molecule has 1 aromatic carbocycles. The van der Waals surface area contributed by atoms with Crippen LogP contribution < -0.4 is 0 Å². The Balaban J connectivity index is 2.24. The van der Waals surface area contributed by atoms with E-state index in [1.165, 1.54) is 4.90 Å². The lowest BCUT2D eigenvalue weighted by atomic mass is 10.1. The Morgan fingerprint density at radius 1 is 1.37 bits per heavy atom. The maximum absolute atomic E-state index is 12.5. The molecule has 0 radical (unpaired) electrons. The number of carbonyl (C=O) groups is 2. The average molecular weight is 343 g/mol. The molecule has 1 aliphatic heterocycles. The molecule has 0 aliphatic carbocycles. The Bertz CT molecular complexity index is 507. The van der Waals surface area contributed by atoms with Gasteiger partial charge in [-0.1, -0.05) is 12.1 Å². The molecule has 0 N–H and O–H groups in total. The summed E-state index contributed by atoms with van der Waals surface area (Å²) in [6, 6.07) is 6.93. The van der Waals surface area contributed by atoms with E-state index in [-0.39, 0.29) is 17.9 Å². The number of nitrogens with zero attached hydrogens (tertiary/aromatic N) is 2. The van der Waals surface area contributed by atoms with Gasteiger partial charge in [-0.2, -0.15) is 0 Å². The number of amides is 2. The zero-order valence-corrected chi connectivity index (χ0v) is 13.2. The predicted octanol–water partition coefficient (Wildman–Crippen LogP) is 2.05. The number of hydrogen-bond donors (Lipinski definition) is 0. The van der Waals surface area contributed by atoms with E-state index < -0.39 is 0 Å². The lowest BCUT2D eigenvalue weighted by molar-refractivity contribution is -0.132. The van der Waals surface area contributed by atoms with Crippen molar-refractivity contribution in [2.24, 2.45) is 0 Å². The number of rotatable bonds is 2. The van der Waals surface area contributed by atoms with E-state index in [0.717, 1.165) is 4.47 Å². The van der Waals surface area contributed by atoms with Gasteiger partial charge >= 0.3 is 0 Å². The first kappa shape index (κ1) is 14.4. The quantitative estimate of drug-likeness (QED) is 0.825. The third-order valence-corrected chi connectivity index (χ3v) is 4.68. The van der Waals surface area contributed by atoms with Gasteiger partial charge in [0, 0.05) is 24.3 Å². The Morgan fingerprint density at radius 3 is 2.68 bits per heavy atom. The van der Waals surface area contributed by atoms with Crippen molar-refractivity contribution in [3.05, 3.63) is 34.3 Å². The molecule has 0 spiro atoms. The summed E-state index contributed by atoms with van der Waals surface area (Å²) in [7, 11) is 3.43. The van der Waals surface area contributed by atoms with E-state index in [0.29, 0.717) is 17.2 Å². The Morgan fingerprint density at radius 2 is 2.05 bits per heavy atom. The normalized spacial score (nSPS) is 18.5. The molecule has 2 rings (SSSR count). The topological polar surface area (TPSA) is 40.6 Å². The zero-order valence-electron chi connectivity index (χ0n) is 10.8. The van der Waals surface area contributed by atoms with Crippen LogP contribution >= 0.6 is 27.7 Å². The van der Waals surface area contributed by atoms with Gasteiger partial charge in [0.2, 0.25) is 5.91 Å². The van der Waals surface area contributed by atoms with Crippen LogP contribution in [0.5, 0.6) is 0 Å². The molecule has 1 aromatic rings. The first-order valence-electron chi connectivity index (χ1n) is 5.86. The molecule has 6 heteroatoms. The van der Waals surface area contributed by atoms with E-state index in [4.69, 9.17) is 0 Å². The first-order chi connectivity index (χ1) is 9.02. The maximum Gasteiger partial charge on any atom is 0.256 e. The van der Waals surface area contributed by atoms with Crippen LogP contribution in [0.2, 0.25) is 0 Å². The highest BCUT2D eigenvalue weighted by atomic mass is 79.9. The predicted molar refractivity (Wildman–Crippen MR) is 80.1 cm³/mol. The van der Waals surface area contributed by atoms with E-state index in [2.05, 4.69) is 15.9 Å². The van der Waals surface area contributed by atoms with Gasteiger partial charge in [-0.05, 0) is 28.1 Å². The SMILES string of the molecule is CN(C)C(=O)C1CSCN1C(=O)c1ccccc1Br. The summed E-state index contributed by atoms with van der Waals surface area (Å²) in [6.45, 7) is 0. The van der Waals surface area contributed by atoms with E-state index >= 15 is 0 Å². The van der Waals surface area contributed by atoms with Crippen LogP contribution in [-0.4, -0.2) is 53.4 Å². The molecule has 1 saturated heterocycles. The fourth-order valence-electron chi connectivity index (χ4n) is 1.93. The van der Waals surface area contributed by atoms with Gasteiger partial charge < -0.3 is 9.80 Å². The van der Waals surface area contributed by atoms with Crippen LogP contribution in [0.4, 0.5) is 0 Å². The first-order valence-corrected chi connectivity index (χ1v) is 7.81. The molecule has 1 aliphatic rings. The standard InChI is InChI=1S/C13H15BrN2O2S/c1-15(2)13(18)11-7-19-8-16(11)12(17)9-5-3-4-6-10(9)14/h3-6,11H,7-8H2,1-2H3. The summed E-state index contributed by atoms with van der Waals surface area (Å²) in [5, 5.41) is 0. The summed E-state index contributed by atoms with van der Waals surface area (Å²) in [5.41, 5.74) is 0.599. The van der Waals surface area contributed by atoms with Gasteiger partial charge in [0.1, 0.15) is 6.04 Å². The van der Waals surface area contributed by atoms with E-state index in [1.54, 1.807) is 36.8 Å². The fourth-order valence-corrected chi connectivity index (χ4v) is 3.53. The van der Waals surface area contributed by atoms with Crippen molar-refractivity contribution >= 4 is 39.5 Å². The molecule has 0 bridgehead atoms. The number of halogens is 1. The second-order valence-corrected chi connectivity index (χ2v) is 6.36. The molecule has 102 valence electrons. The molecule has 2 amide bonds. The van der Waals surface area contributed by atoms with Crippen LogP contribution in [0.3, 0.4) is 0 Å². The minimum atomic E-state index is -0.361. The van der Waals surface area contributed by atoms with Crippen LogP contribution in [0.1, 0.15) is 10.4 Å². The van der Waals surface area contributed by atoms with Gasteiger partial charge in [-0.15, -0.1) is 11.8 Å². The zero-order chi connectivity index (χ0) is 14.0. The lowest BCUT2D eigenvalue weighted by Crippen LogP contribution is -2.46. The maximum atomic E-state index is 12.5. The van der Waals surface area contributed by atoms with Gasteiger partial charge in [0.15, 0.2) is 0 Å². The number of carbonyl (C=O) groups excluding carboxylic acids is 2. The fraction of sp³-hybridized carbons (Fsp3) is 0.385. The summed E-state index contributed by atoms with van der Waals surface area (Å²) < 4.78 is 0.757. The second-order valence-electron chi connectivity index (χ2n) is 4.50. The molecule has 4 nitrogen and oxygen atoms in total.